The van der Waals surface area contributed by atoms with Crippen molar-refractivity contribution in [3.05, 3.63) is 36.5 Å². The standard InChI is InChI=1S/C12H13NO3/c14-7-9(15)8-16-12-5-6-13-11-4-2-1-3-10(11)12/h1-6,9,14-15H,7-8H2. The van der Waals surface area contributed by atoms with E-state index in [1.165, 1.54) is 0 Å². The van der Waals surface area contributed by atoms with E-state index in [-0.39, 0.29) is 13.2 Å². The van der Waals surface area contributed by atoms with Crippen LogP contribution in [0.4, 0.5) is 0 Å². The van der Waals surface area contributed by atoms with Gasteiger partial charge in [-0.3, -0.25) is 4.98 Å². The average molecular weight is 219 g/mol. The smallest absolute Gasteiger partial charge is 0.130 e. The fourth-order valence-electron chi connectivity index (χ4n) is 1.43. The van der Waals surface area contributed by atoms with Crippen molar-refractivity contribution < 1.29 is 14.9 Å². The second-order valence-corrected chi connectivity index (χ2v) is 3.47. The Morgan fingerprint density at radius 3 is 2.88 bits per heavy atom. The number of para-hydroxylation sites is 1. The van der Waals surface area contributed by atoms with Gasteiger partial charge in [-0.1, -0.05) is 12.1 Å². The summed E-state index contributed by atoms with van der Waals surface area (Å²) in [6.07, 6.45) is 0.801. The molecule has 1 heterocycles. The third kappa shape index (κ3) is 2.29. The van der Waals surface area contributed by atoms with E-state index in [1.807, 2.05) is 24.3 Å². The Labute approximate surface area is 93.1 Å². The van der Waals surface area contributed by atoms with Gasteiger partial charge in [0.15, 0.2) is 0 Å². The van der Waals surface area contributed by atoms with Crippen LogP contribution in [0.25, 0.3) is 10.9 Å². The zero-order valence-electron chi connectivity index (χ0n) is 8.71. The van der Waals surface area contributed by atoms with Crippen molar-refractivity contribution in [2.24, 2.45) is 0 Å². The highest BCUT2D eigenvalue weighted by atomic mass is 16.5. The number of hydrogen-bond donors (Lipinski definition) is 2. The Morgan fingerprint density at radius 1 is 1.25 bits per heavy atom. The fraction of sp³-hybridized carbons (Fsp3) is 0.250. The molecule has 0 radical (unpaired) electrons. The molecule has 1 unspecified atom stereocenters. The molecule has 1 atom stereocenters. The van der Waals surface area contributed by atoms with E-state index in [9.17, 15) is 5.11 Å². The lowest BCUT2D eigenvalue weighted by Crippen LogP contribution is -2.21. The Balaban J connectivity index is 2.23. The highest BCUT2D eigenvalue weighted by molar-refractivity contribution is 5.84. The highest BCUT2D eigenvalue weighted by Gasteiger charge is 2.05. The van der Waals surface area contributed by atoms with Crippen LogP contribution in [0.15, 0.2) is 36.5 Å². The molecule has 0 bridgehead atoms. The predicted octanol–water partition coefficient (Wildman–Crippen LogP) is 0.967. The normalized spacial score (nSPS) is 12.6. The van der Waals surface area contributed by atoms with E-state index in [2.05, 4.69) is 4.98 Å². The molecule has 0 amide bonds. The zero-order chi connectivity index (χ0) is 11.4. The number of aliphatic hydroxyl groups excluding tert-OH is 2. The monoisotopic (exact) mass is 219 g/mol. The van der Waals surface area contributed by atoms with Crippen LogP contribution >= 0.6 is 0 Å². The number of benzene rings is 1. The van der Waals surface area contributed by atoms with Gasteiger partial charge in [0.25, 0.3) is 0 Å². The van der Waals surface area contributed by atoms with Crippen LogP contribution in [0.2, 0.25) is 0 Å². The van der Waals surface area contributed by atoms with Gasteiger partial charge in [0, 0.05) is 11.6 Å². The first kappa shape index (κ1) is 10.9. The van der Waals surface area contributed by atoms with E-state index >= 15 is 0 Å². The van der Waals surface area contributed by atoms with Crippen LogP contribution < -0.4 is 4.74 Å². The molecule has 0 saturated heterocycles. The molecule has 0 spiro atoms. The van der Waals surface area contributed by atoms with Gasteiger partial charge in [-0.05, 0) is 18.2 Å². The van der Waals surface area contributed by atoms with Crippen LogP contribution in [0.5, 0.6) is 5.75 Å². The van der Waals surface area contributed by atoms with Crippen LogP contribution in [0.3, 0.4) is 0 Å². The first-order chi connectivity index (χ1) is 7.81. The highest BCUT2D eigenvalue weighted by Crippen LogP contribution is 2.23. The number of nitrogens with zero attached hydrogens (tertiary/aromatic N) is 1. The minimum Gasteiger partial charge on any atom is -0.490 e. The summed E-state index contributed by atoms with van der Waals surface area (Å²) in [6.45, 7) is -0.229. The summed E-state index contributed by atoms with van der Waals surface area (Å²) >= 11 is 0. The average Bonchev–Trinajstić information content (AvgIpc) is 2.35. The van der Waals surface area contributed by atoms with Gasteiger partial charge >= 0.3 is 0 Å². The Hall–Kier alpha value is -1.65. The van der Waals surface area contributed by atoms with Crippen molar-refractivity contribution in [3.8, 4) is 5.75 Å². The summed E-state index contributed by atoms with van der Waals surface area (Å²) in [5, 5.41) is 18.8. The van der Waals surface area contributed by atoms with Crippen molar-refractivity contribution >= 4 is 10.9 Å². The lowest BCUT2D eigenvalue weighted by atomic mass is 10.2. The maximum Gasteiger partial charge on any atom is 0.130 e. The quantitative estimate of drug-likeness (QED) is 0.804. The molecule has 4 heteroatoms. The third-order valence-corrected chi connectivity index (χ3v) is 2.25. The molecule has 0 aliphatic heterocycles. The van der Waals surface area contributed by atoms with Gasteiger partial charge in [0.05, 0.1) is 12.1 Å². The number of rotatable bonds is 4. The number of aliphatic hydroxyl groups is 2. The fourth-order valence-corrected chi connectivity index (χ4v) is 1.43. The molecule has 2 rings (SSSR count). The lowest BCUT2D eigenvalue weighted by Gasteiger charge is -2.11. The summed E-state index contributed by atoms with van der Waals surface area (Å²) < 4.78 is 5.42. The van der Waals surface area contributed by atoms with Crippen LogP contribution in [0.1, 0.15) is 0 Å². The molecule has 0 saturated carbocycles. The molecule has 0 aliphatic carbocycles. The maximum atomic E-state index is 9.20. The molecule has 0 fully saturated rings. The van der Waals surface area contributed by atoms with Gasteiger partial charge in [-0.25, -0.2) is 0 Å². The summed E-state index contributed by atoms with van der Waals surface area (Å²) in [6, 6.07) is 9.35. The van der Waals surface area contributed by atoms with Gasteiger partial charge in [-0.15, -0.1) is 0 Å². The van der Waals surface area contributed by atoms with E-state index in [0.717, 1.165) is 10.9 Å². The topological polar surface area (TPSA) is 62.6 Å². The van der Waals surface area contributed by atoms with E-state index in [0.29, 0.717) is 5.75 Å². The van der Waals surface area contributed by atoms with Crippen LogP contribution in [-0.2, 0) is 0 Å². The predicted molar refractivity (Wildman–Crippen MR) is 60.3 cm³/mol. The summed E-state index contributed by atoms with van der Waals surface area (Å²) in [5.74, 6) is 0.665. The second-order valence-electron chi connectivity index (χ2n) is 3.47. The summed E-state index contributed by atoms with van der Waals surface area (Å²) in [5.41, 5.74) is 0.846. The van der Waals surface area contributed by atoms with Gasteiger partial charge in [-0.2, -0.15) is 0 Å². The van der Waals surface area contributed by atoms with Gasteiger partial charge < -0.3 is 14.9 Å². The molecule has 1 aromatic heterocycles. The zero-order valence-corrected chi connectivity index (χ0v) is 8.71. The Kier molecular flexibility index (Phi) is 3.34. The third-order valence-electron chi connectivity index (χ3n) is 2.25. The number of ether oxygens (including phenoxy) is 1. The molecule has 2 aromatic rings. The maximum absolute atomic E-state index is 9.20. The Bertz CT molecular complexity index is 467. The lowest BCUT2D eigenvalue weighted by molar-refractivity contribution is 0.0541. The van der Waals surface area contributed by atoms with Crippen molar-refractivity contribution in [3.63, 3.8) is 0 Å². The molecule has 16 heavy (non-hydrogen) atoms. The minimum absolute atomic E-state index is 0.0739. The largest absolute Gasteiger partial charge is 0.490 e. The molecule has 1 aromatic carbocycles. The number of aromatic nitrogens is 1. The SMILES string of the molecule is OCC(O)COc1ccnc2ccccc12. The Morgan fingerprint density at radius 2 is 2.06 bits per heavy atom. The molecule has 84 valence electrons. The van der Waals surface area contributed by atoms with E-state index in [4.69, 9.17) is 9.84 Å². The molecule has 4 nitrogen and oxygen atoms in total. The minimum atomic E-state index is -0.855. The summed E-state index contributed by atoms with van der Waals surface area (Å²) in [4.78, 5) is 4.20. The number of pyridine rings is 1. The van der Waals surface area contributed by atoms with Crippen molar-refractivity contribution in [1.82, 2.24) is 4.98 Å². The molecule has 0 aliphatic rings. The molecule has 2 N–H and O–H groups in total. The number of fused-ring (bicyclic) bond motifs is 1. The van der Waals surface area contributed by atoms with Crippen LogP contribution in [-0.4, -0.2) is 34.5 Å². The van der Waals surface area contributed by atoms with Crippen molar-refractivity contribution in [2.45, 2.75) is 6.10 Å². The van der Waals surface area contributed by atoms with E-state index < -0.39 is 6.10 Å². The van der Waals surface area contributed by atoms with Crippen molar-refractivity contribution in [2.75, 3.05) is 13.2 Å². The van der Waals surface area contributed by atoms with Gasteiger partial charge in [0.1, 0.15) is 18.5 Å². The molecular weight excluding hydrogens is 206 g/mol. The van der Waals surface area contributed by atoms with Gasteiger partial charge in [0.2, 0.25) is 0 Å². The summed E-state index contributed by atoms with van der Waals surface area (Å²) in [7, 11) is 0. The number of hydrogen-bond acceptors (Lipinski definition) is 4. The second kappa shape index (κ2) is 4.92. The van der Waals surface area contributed by atoms with E-state index in [1.54, 1.807) is 12.3 Å². The molecular formula is C12H13NO3. The van der Waals surface area contributed by atoms with Crippen LogP contribution in [0, 0.1) is 0 Å². The first-order valence-corrected chi connectivity index (χ1v) is 5.06. The first-order valence-electron chi connectivity index (χ1n) is 5.06. The van der Waals surface area contributed by atoms with Crippen molar-refractivity contribution in [1.29, 1.82) is 0 Å².